The number of amides is 1. The summed E-state index contributed by atoms with van der Waals surface area (Å²) in [4.78, 5) is 12.4. The fourth-order valence-electron chi connectivity index (χ4n) is 3.55. The van der Waals surface area contributed by atoms with Crippen molar-refractivity contribution in [2.45, 2.75) is 37.4 Å². The molecule has 0 saturated carbocycles. The van der Waals surface area contributed by atoms with Crippen molar-refractivity contribution >= 4 is 17.5 Å². The third-order valence-corrected chi connectivity index (χ3v) is 5.03. The van der Waals surface area contributed by atoms with Gasteiger partial charge in [0.25, 0.3) is 5.91 Å². The summed E-state index contributed by atoms with van der Waals surface area (Å²) in [6, 6.07) is 15.6. The van der Waals surface area contributed by atoms with Gasteiger partial charge in [-0.25, -0.2) is 0 Å². The van der Waals surface area contributed by atoms with Crippen LogP contribution in [-0.4, -0.2) is 24.0 Å². The maximum atomic E-state index is 12.4. The normalized spacial score (nSPS) is 24.8. The van der Waals surface area contributed by atoms with Gasteiger partial charge in [-0.2, -0.15) is 0 Å². The summed E-state index contributed by atoms with van der Waals surface area (Å²) < 4.78 is 5.74. The summed E-state index contributed by atoms with van der Waals surface area (Å²) >= 11 is 5.86. The predicted molar refractivity (Wildman–Crippen MR) is 93.8 cm³/mol. The Labute approximate surface area is 146 Å². The summed E-state index contributed by atoms with van der Waals surface area (Å²) in [5, 5.41) is 7.35. The summed E-state index contributed by atoms with van der Waals surface area (Å²) in [6.45, 7) is 0. The molecule has 24 heavy (non-hydrogen) atoms. The van der Waals surface area contributed by atoms with Crippen LogP contribution in [0.1, 0.15) is 29.6 Å². The van der Waals surface area contributed by atoms with Gasteiger partial charge in [0, 0.05) is 28.7 Å². The molecule has 1 amide bonds. The van der Waals surface area contributed by atoms with Gasteiger partial charge in [0.1, 0.15) is 11.5 Å². The number of carbonyl (C=O) groups is 1. The summed E-state index contributed by atoms with van der Waals surface area (Å²) in [7, 11) is 0. The lowest BCUT2D eigenvalue weighted by atomic mass is 9.95. The van der Waals surface area contributed by atoms with E-state index in [0.29, 0.717) is 34.2 Å². The smallest absolute Gasteiger partial charge is 0.251 e. The molecule has 4 rings (SSSR count). The second-order valence-electron chi connectivity index (χ2n) is 6.44. The molecule has 3 atom stereocenters. The van der Waals surface area contributed by atoms with Crippen LogP contribution in [0.15, 0.2) is 48.5 Å². The zero-order chi connectivity index (χ0) is 16.5. The molecule has 4 nitrogen and oxygen atoms in total. The van der Waals surface area contributed by atoms with Crippen molar-refractivity contribution in [3.05, 3.63) is 59.1 Å². The molecule has 0 radical (unpaired) electrons. The second kappa shape index (κ2) is 6.46. The zero-order valence-corrected chi connectivity index (χ0v) is 13.9. The Hall–Kier alpha value is -2.04. The van der Waals surface area contributed by atoms with E-state index in [1.54, 1.807) is 24.3 Å². The van der Waals surface area contributed by atoms with E-state index in [-0.39, 0.29) is 11.9 Å². The minimum absolute atomic E-state index is 0.0209. The Morgan fingerprint density at radius 3 is 2.29 bits per heavy atom. The van der Waals surface area contributed by atoms with Gasteiger partial charge in [0.2, 0.25) is 0 Å². The molecule has 2 heterocycles. The lowest BCUT2D eigenvalue weighted by Gasteiger charge is -2.21. The van der Waals surface area contributed by atoms with Gasteiger partial charge in [-0.1, -0.05) is 11.6 Å². The number of benzene rings is 2. The molecule has 2 aromatic rings. The van der Waals surface area contributed by atoms with E-state index in [4.69, 9.17) is 16.3 Å². The van der Waals surface area contributed by atoms with Gasteiger partial charge in [-0.05, 0) is 67.8 Å². The minimum atomic E-state index is -0.0209. The van der Waals surface area contributed by atoms with Crippen LogP contribution in [0.3, 0.4) is 0 Å². The molecule has 2 aliphatic rings. The number of nitrogens with one attached hydrogen (secondary N) is 2. The fourth-order valence-corrected chi connectivity index (χ4v) is 3.67. The molecule has 0 aromatic heterocycles. The standard InChI is InChI=1S/C19H19ClN2O2/c20-13-3-8-16(9-4-13)24-15-6-1-12(2-7-15)19(23)22-18-11-14-5-10-17(18)21-14/h1-4,6-9,14,17-18,21H,5,10-11H2,(H,22,23)/t14-,17+,18-/m1/s1. The van der Waals surface area contributed by atoms with Gasteiger partial charge >= 0.3 is 0 Å². The van der Waals surface area contributed by atoms with E-state index in [0.717, 1.165) is 12.8 Å². The predicted octanol–water partition coefficient (Wildman–Crippen LogP) is 3.76. The quantitative estimate of drug-likeness (QED) is 0.889. The highest BCUT2D eigenvalue weighted by Gasteiger charge is 2.39. The Bertz CT molecular complexity index is 730. The number of hydrogen-bond acceptors (Lipinski definition) is 3. The van der Waals surface area contributed by atoms with Crippen LogP contribution < -0.4 is 15.4 Å². The minimum Gasteiger partial charge on any atom is -0.457 e. The summed E-state index contributed by atoms with van der Waals surface area (Å²) in [5.41, 5.74) is 0.654. The molecule has 2 aliphatic heterocycles. The molecule has 2 fully saturated rings. The van der Waals surface area contributed by atoms with E-state index in [9.17, 15) is 4.79 Å². The molecule has 5 heteroatoms. The van der Waals surface area contributed by atoms with Crippen LogP contribution >= 0.6 is 11.6 Å². The van der Waals surface area contributed by atoms with Gasteiger partial charge in [-0.15, -0.1) is 0 Å². The number of ether oxygens (including phenoxy) is 1. The highest BCUT2D eigenvalue weighted by Crippen LogP contribution is 2.28. The maximum Gasteiger partial charge on any atom is 0.251 e. The van der Waals surface area contributed by atoms with Crippen LogP contribution in [0.4, 0.5) is 0 Å². The Morgan fingerprint density at radius 1 is 1.04 bits per heavy atom. The van der Waals surface area contributed by atoms with Crippen LogP contribution in [0.2, 0.25) is 5.02 Å². The second-order valence-corrected chi connectivity index (χ2v) is 6.88. The topological polar surface area (TPSA) is 50.4 Å². The van der Waals surface area contributed by atoms with Gasteiger partial charge in [0.05, 0.1) is 0 Å². The highest BCUT2D eigenvalue weighted by molar-refractivity contribution is 6.30. The van der Waals surface area contributed by atoms with Crippen molar-refractivity contribution in [3.8, 4) is 11.5 Å². The van der Waals surface area contributed by atoms with Crippen LogP contribution in [0, 0.1) is 0 Å². The first kappa shape index (κ1) is 15.5. The average molecular weight is 343 g/mol. The first-order valence-corrected chi connectivity index (χ1v) is 8.65. The Balaban J connectivity index is 1.38. The van der Waals surface area contributed by atoms with Crippen molar-refractivity contribution < 1.29 is 9.53 Å². The van der Waals surface area contributed by atoms with Crippen molar-refractivity contribution in [2.24, 2.45) is 0 Å². The molecule has 0 unspecified atom stereocenters. The lowest BCUT2D eigenvalue weighted by molar-refractivity contribution is 0.0931. The summed E-state index contributed by atoms with van der Waals surface area (Å²) in [5.74, 6) is 1.38. The van der Waals surface area contributed by atoms with Crippen molar-refractivity contribution in [3.63, 3.8) is 0 Å². The van der Waals surface area contributed by atoms with Gasteiger partial charge < -0.3 is 15.4 Å². The molecule has 2 saturated heterocycles. The van der Waals surface area contributed by atoms with Crippen molar-refractivity contribution in [1.82, 2.24) is 10.6 Å². The number of carbonyl (C=O) groups excluding carboxylic acids is 1. The number of rotatable bonds is 4. The first-order chi connectivity index (χ1) is 11.7. The van der Waals surface area contributed by atoms with Crippen molar-refractivity contribution in [1.29, 1.82) is 0 Å². The molecular weight excluding hydrogens is 324 g/mol. The van der Waals surface area contributed by atoms with Gasteiger partial charge in [-0.3, -0.25) is 4.79 Å². The largest absolute Gasteiger partial charge is 0.457 e. The Morgan fingerprint density at radius 2 is 1.71 bits per heavy atom. The van der Waals surface area contributed by atoms with E-state index < -0.39 is 0 Å². The van der Waals surface area contributed by atoms with Crippen LogP contribution in [-0.2, 0) is 0 Å². The number of halogens is 1. The Kier molecular flexibility index (Phi) is 4.17. The SMILES string of the molecule is O=C(N[C@@H]1C[C@H]2CC[C@@H]1N2)c1ccc(Oc2ccc(Cl)cc2)cc1. The van der Waals surface area contributed by atoms with Crippen LogP contribution in [0.25, 0.3) is 0 Å². The monoisotopic (exact) mass is 342 g/mol. The average Bonchev–Trinajstić information content (AvgIpc) is 3.20. The molecule has 2 N–H and O–H groups in total. The van der Waals surface area contributed by atoms with Crippen molar-refractivity contribution in [2.75, 3.05) is 0 Å². The van der Waals surface area contributed by atoms with E-state index in [1.165, 1.54) is 6.42 Å². The third kappa shape index (κ3) is 3.25. The molecule has 124 valence electrons. The molecule has 2 aromatic carbocycles. The molecule has 2 bridgehead atoms. The first-order valence-electron chi connectivity index (χ1n) is 8.28. The van der Waals surface area contributed by atoms with E-state index in [1.807, 2.05) is 24.3 Å². The fraction of sp³-hybridized carbons (Fsp3) is 0.316. The molecular formula is C19H19ClN2O2. The molecule has 0 spiro atoms. The number of fused-ring (bicyclic) bond motifs is 2. The van der Waals surface area contributed by atoms with Gasteiger partial charge in [0.15, 0.2) is 0 Å². The van der Waals surface area contributed by atoms with E-state index >= 15 is 0 Å². The zero-order valence-electron chi connectivity index (χ0n) is 13.2. The maximum absolute atomic E-state index is 12.4. The summed E-state index contributed by atoms with van der Waals surface area (Å²) in [6.07, 6.45) is 3.42. The van der Waals surface area contributed by atoms with E-state index in [2.05, 4.69) is 10.6 Å². The third-order valence-electron chi connectivity index (χ3n) is 4.78. The van der Waals surface area contributed by atoms with Crippen LogP contribution in [0.5, 0.6) is 11.5 Å². The molecule has 0 aliphatic carbocycles. The highest BCUT2D eigenvalue weighted by atomic mass is 35.5. The lowest BCUT2D eigenvalue weighted by Crippen LogP contribution is -2.42. The number of hydrogen-bond donors (Lipinski definition) is 2.